The van der Waals surface area contributed by atoms with Crippen LogP contribution in [0.2, 0.25) is 0 Å². The lowest BCUT2D eigenvalue weighted by molar-refractivity contribution is -0.136. The molecule has 0 atom stereocenters. The van der Waals surface area contributed by atoms with Crippen molar-refractivity contribution in [1.29, 1.82) is 0 Å². The molecule has 13 heteroatoms. The first-order valence-electron chi connectivity index (χ1n) is 13.7. The zero-order valence-electron chi connectivity index (χ0n) is 24.1. The minimum absolute atomic E-state index is 0.104. The first kappa shape index (κ1) is 31.7. The van der Waals surface area contributed by atoms with Crippen molar-refractivity contribution in [1.82, 2.24) is 10.7 Å². The standard InChI is InChI=1S/C32H29N5O8/c1-2-43-32(42)22-8-10-23(11-9-22)35-29(39)28(38)33-18-26-16-17-27(45-26)19-34-37-31(41)30(40)36-24-12-14-25(15-13-24)44-20-21-6-4-3-5-7-21/h3-17,19H,2,18,20H2,1H3,(H,33,38)(H,35,39)(H,36,40)(H,37,41)/b34-19+. The summed E-state index contributed by atoms with van der Waals surface area (Å²) in [5.74, 6) is -3.13. The number of rotatable bonds is 11. The predicted molar refractivity (Wildman–Crippen MR) is 163 cm³/mol. The van der Waals surface area contributed by atoms with Crippen molar-refractivity contribution >= 4 is 47.2 Å². The molecule has 4 amide bonds. The van der Waals surface area contributed by atoms with Crippen LogP contribution >= 0.6 is 0 Å². The third kappa shape index (κ3) is 9.92. The summed E-state index contributed by atoms with van der Waals surface area (Å²) in [4.78, 5) is 60.4. The van der Waals surface area contributed by atoms with Gasteiger partial charge in [-0.3, -0.25) is 19.2 Å². The number of furan rings is 1. The second kappa shape index (κ2) is 15.8. The van der Waals surface area contributed by atoms with Crippen molar-refractivity contribution in [2.45, 2.75) is 20.1 Å². The molecule has 0 aliphatic carbocycles. The fourth-order valence-electron chi connectivity index (χ4n) is 3.67. The number of nitrogens with one attached hydrogen (secondary N) is 4. The van der Waals surface area contributed by atoms with E-state index in [0.29, 0.717) is 35.1 Å². The van der Waals surface area contributed by atoms with E-state index in [4.69, 9.17) is 13.9 Å². The topological polar surface area (TPSA) is 177 Å². The molecular weight excluding hydrogens is 582 g/mol. The van der Waals surface area contributed by atoms with Gasteiger partial charge in [-0.05, 0) is 73.2 Å². The zero-order valence-corrected chi connectivity index (χ0v) is 24.1. The summed E-state index contributed by atoms with van der Waals surface area (Å²) in [6.45, 7) is 2.22. The van der Waals surface area contributed by atoms with Crippen LogP contribution in [0.25, 0.3) is 0 Å². The average Bonchev–Trinajstić information content (AvgIpc) is 3.51. The Bertz CT molecular complexity index is 1670. The molecule has 0 fully saturated rings. The summed E-state index contributed by atoms with van der Waals surface area (Å²) in [5.41, 5.74) is 4.14. The van der Waals surface area contributed by atoms with E-state index in [0.717, 1.165) is 5.56 Å². The van der Waals surface area contributed by atoms with Crippen LogP contribution in [0, 0.1) is 0 Å². The van der Waals surface area contributed by atoms with E-state index >= 15 is 0 Å². The lowest BCUT2D eigenvalue weighted by Crippen LogP contribution is -2.34. The molecule has 0 saturated carbocycles. The maximum atomic E-state index is 12.2. The monoisotopic (exact) mass is 611 g/mol. The van der Waals surface area contributed by atoms with E-state index in [-0.39, 0.29) is 18.9 Å². The Hall–Kier alpha value is -6.24. The van der Waals surface area contributed by atoms with Crippen LogP contribution < -0.4 is 26.1 Å². The van der Waals surface area contributed by atoms with Gasteiger partial charge in [0.2, 0.25) is 0 Å². The number of hydrogen-bond donors (Lipinski definition) is 4. The molecule has 4 rings (SSSR count). The third-order valence-corrected chi connectivity index (χ3v) is 5.89. The Kier molecular flexibility index (Phi) is 11.2. The van der Waals surface area contributed by atoms with Gasteiger partial charge in [-0.2, -0.15) is 5.10 Å². The minimum atomic E-state index is -1.00. The van der Waals surface area contributed by atoms with Crippen LogP contribution in [0.5, 0.6) is 5.75 Å². The number of amides is 4. The molecule has 230 valence electrons. The molecule has 0 spiro atoms. The average molecular weight is 612 g/mol. The Morgan fingerprint density at radius 2 is 1.40 bits per heavy atom. The number of carbonyl (C=O) groups excluding carboxylic acids is 5. The molecule has 3 aromatic carbocycles. The van der Waals surface area contributed by atoms with Gasteiger partial charge >= 0.3 is 29.6 Å². The predicted octanol–water partition coefficient (Wildman–Crippen LogP) is 3.38. The Balaban J connectivity index is 1.16. The number of ether oxygens (including phenoxy) is 2. The number of nitrogens with zero attached hydrogens (tertiary/aromatic N) is 1. The van der Waals surface area contributed by atoms with Gasteiger partial charge in [-0.25, -0.2) is 10.2 Å². The van der Waals surface area contributed by atoms with E-state index in [1.807, 2.05) is 30.3 Å². The second-order valence-electron chi connectivity index (χ2n) is 9.19. The van der Waals surface area contributed by atoms with Gasteiger partial charge in [0.15, 0.2) is 0 Å². The number of anilines is 2. The Morgan fingerprint density at radius 1 is 0.756 bits per heavy atom. The maximum Gasteiger partial charge on any atom is 0.338 e. The number of benzene rings is 3. The van der Waals surface area contributed by atoms with Crippen molar-refractivity contribution in [2.24, 2.45) is 5.10 Å². The number of esters is 1. The quantitative estimate of drug-likeness (QED) is 0.0863. The summed E-state index contributed by atoms with van der Waals surface area (Å²) >= 11 is 0. The van der Waals surface area contributed by atoms with Crippen LogP contribution in [0.3, 0.4) is 0 Å². The van der Waals surface area contributed by atoms with E-state index in [1.165, 1.54) is 42.6 Å². The van der Waals surface area contributed by atoms with Crippen molar-refractivity contribution in [3.8, 4) is 5.75 Å². The molecule has 45 heavy (non-hydrogen) atoms. The molecule has 4 N–H and O–H groups in total. The van der Waals surface area contributed by atoms with Gasteiger partial charge in [0.25, 0.3) is 0 Å². The van der Waals surface area contributed by atoms with Crippen LogP contribution in [0.4, 0.5) is 11.4 Å². The maximum absolute atomic E-state index is 12.2. The molecule has 0 radical (unpaired) electrons. The van der Waals surface area contributed by atoms with Crippen LogP contribution in [0.15, 0.2) is 101 Å². The fraction of sp³-hybridized carbons (Fsp3) is 0.125. The molecule has 0 aliphatic heterocycles. The molecule has 4 aromatic rings. The van der Waals surface area contributed by atoms with Gasteiger partial charge in [0, 0.05) is 11.4 Å². The van der Waals surface area contributed by atoms with Gasteiger partial charge < -0.3 is 29.8 Å². The normalized spacial score (nSPS) is 10.5. The highest BCUT2D eigenvalue weighted by molar-refractivity contribution is 6.40. The molecule has 0 unspecified atom stereocenters. The fourth-order valence-corrected chi connectivity index (χ4v) is 3.67. The summed E-state index contributed by atoms with van der Waals surface area (Å²) in [6.07, 6.45) is 1.17. The Labute approximate surface area is 257 Å². The van der Waals surface area contributed by atoms with Crippen LogP contribution in [0.1, 0.15) is 34.4 Å². The van der Waals surface area contributed by atoms with Crippen molar-refractivity contribution in [2.75, 3.05) is 17.2 Å². The highest BCUT2D eigenvalue weighted by atomic mass is 16.5. The highest BCUT2D eigenvalue weighted by Crippen LogP contribution is 2.17. The molecule has 1 heterocycles. The summed E-state index contributed by atoms with van der Waals surface area (Å²) in [6, 6.07) is 25.1. The Morgan fingerprint density at radius 3 is 2.07 bits per heavy atom. The summed E-state index contributed by atoms with van der Waals surface area (Å²) < 4.78 is 16.1. The first-order chi connectivity index (χ1) is 21.8. The van der Waals surface area contributed by atoms with Gasteiger partial charge in [0.05, 0.1) is 24.9 Å². The van der Waals surface area contributed by atoms with Gasteiger partial charge in [-0.15, -0.1) is 0 Å². The SMILES string of the molecule is CCOC(=O)c1ccc(NC(=O)C(=O)NCc2ccc(/C=N/NC(=O)C(=O)Nc3ccc(OCc4ccccc4)cc3)o2)cc1. The molecule has 13 nitrogen and oxygen atoms in total. The molecule has 0 bridgehead atoms. The third-order valence-electron chi connectivity index (χ3n) is 5.89. The summed E-state index contributed by atoms with van der Waals surface area (Å²) in [5, 5.41) is 11.0. The van der Waals surface area contributed by atoms with E-state index in [1.54, 1.807) is 31.2 Å². The van der Waals surface area contributed by atoms with Crippen LogP contribution in [-0.4, -0.2) is 42.4 Å². The molecular formula is C32H29N5O8. The van der Waals surface area contributed by atoms with Crippen molar-refractivity contribution in [3.05, 3.63) is 114 Å². The molecule has 0 aliphatic rings. The summed E-state index contributed by atoms with van der Waals surface area (Å²) in [7, 11) is 0. The smallest absolute Gasteiger partial charge is 0.338 e. The number of carbonyl (C=O) groups is 5. The second-order valence-corrected chi connectivity index (χ2v) is 9.19. The van der Waals surface area contributed by atoms with Crippen molar-refractivity contribution in [3.63, 3.8) is 0 Å². The number of hydrogen-bond acceptors (Lipinski definition) is 9. The molecule has 1 aromatic heterocycles. The highest BCUT2D eigenvalue weighted by Gasteiger charge is 2.16. The van der Waals surface area contributed by atoms with E-state index < -0.39 is 29.6 Å². The van der Waals surface area contributed by atoms with E-state index in [2.05, 4.69) is 26.5 Å². The van der Waals surface area contributed by atoms with Crippen LogP contribution in [-0.2, 0) is 37.1 Å². The minimum Gasteiger partial charge on any atom is -0.489 e. The largest absolute Gasteiger partial charge is 0.489 e. The lowest BCUT2D eigenvalue weighted by Gasteiger charge is -2.08. The first-order valence-corrected chi connectivity index (χ1v) is 13.7. The van der Waals surface area contributed by atoms with Gasteiger partial charge in [-0.1, -0.05) is 30.3 Å². The number of hydrazone groups is 1. The molecule has 0 saturated heterocycles. The van der Waals surface area contributed by atoms with E-state index in [9.17, 15) is 24.0 Å². The zero-order chi connectivity index (χ0) is 32.0. The van der Waals surface area contributed by atoms with Gasteiger partial charge in [0.1, 0.15) is 23.9 Å². The van der Waals surface area contributed by atoms with Crippen molar-refractivity contribution < 1.29 is 37.9 Å². The lowest BCUT2D eigenvalue weighted by atomic mass is 10.2.